The minimum absolute atomic E-state index is 0.120. The second kappa shape index (κ2) is 9.66. The molecule has 36 heavy (non-hydrogen) atoms. The average Bonchev–Trinajstić information content (AvgIpc) is 3.29. The summed E-state index contributed by atoms with van der Waals surface area (Å²) in [6.45, 7) is 13.2. The minimum Gasteiger partial charge on any atom is -0.494 e. The van der Waals surface area contributed by atoms with E-state index in [1.54, 1.807) is 6.92 Å². The topological polar surface area (TPSA) is 61.8 Å². The van der Waals surface area contributed by atoms with Gasteiger partial charge in [-0.3, -0.25) is 9.59 Å². The first-order valence-corrected chi connectivity index (χ1v) is 14.7. The molecular weight excluding hydrogens is 452 g/mol. The van der Waals surface area contributed by atoms with Gasteiger partial charge in [-0.1, -0.05) is 20.8 Å². The fourth-order valence-electron chi connectivity index (χ4n) is 9.86. The Labute approximate surface area is 218 Å². The molecule has 10 unspecified atom stereocenters. The molecule has 0 aromatic rings. The van der Waals surface area contributed by atoms with Gasteiger partial charge in [-0.15, -0.1) is 0 Å². The molecule has 0 radical (unpaired) electrons. The zero-order valence-electron chi connectivity index (χ0n) is 23.4. The first kappa shape index (κ1) is 26.1. The van der Waals surface area contributed by atoms with Crippen LogP contribution in [0.2, 0.25) is 0 Å². The summed E-state index contributed by atoms with van der Waals surface area (Å²) in [5.41, 5.74) is 2.25. The molecule has 0 spiro atoms. The first-order chi connectivity index (χ1) is 17.0. The van der Waals surface area contributed by atoms with Gasteiger partial charge in [0.15, 0.2) is 0 Å². The molecule has 4 aliphatic carbocycles. The summed E-state index contributed by atoms with van der Waals surface area (Å²) in [6.07, 6.45) is 12.2. The number of rotatable bonds is 6. The third kappa shape index (κ3) is 4.41. The first-order valence-electron chi connectivity index (χ1n) is 14.7. The highest BCUT2D eigenvalue weighted by Gasteiger charge is 2.64. The summed E-state index contributed by atoms with van der Waals surface area (Å²) < 4.78 is 17.6. The van der Waals surface area contributed by atoms with Crippen molar-refractivity contribution < 1.29 is 23.8 Å². The van der Waals surface area contributed by atoms with E-state index in [1.807, 2.05) is 0 Å². The minimum atomic E-state index is -0.196. The lowest BCUT2D eigenvalue weighted by molar-refractivity contribution is -0.159. The largest absolute Gasteiger partial charge is 0.494 e. The summed E-state index contributed by atoms with van der Waals surface area (Å²) in [6, 6.07) is 0. The molecule has 10 atom stereocenters. The molecule has 0 amide bonds. The van der Waals surface area contributed by atoms with Crippen LogP contribution in [0.5, 0.6) is 0 Å². The predicted octanol–water partition coefficient (Wildman–Crippen LogP) is 6.84. The third-order valence-electron chi connectivity index (χ3n) is 11.6. The van der Waals surface area contributed by atoms with E-state index in [0.29, 0.717) is 41.3 Å². The zero-order chi connectivity index (χ0) is 25.8. The maximum Gasteiger partial charge on any atom is 0.302 e. The molecule has 1 aliphatic heterocycles. The number of ether oxygens (including phenoxy) is 3. The van der Waals surface area contributed by atoms with Gasteiger partial charge >= 0.3 is 11.9 Å². The average molecular weight is 501 g/mol. The number of esters is 2. The zero-order valence-corrected chi connectivity index (χ0v) is 23.4. The van der Waals surface area contributed by atoms with Crippen LogP contribution in [0.25, 0.3) is 0 Å². The molecule has 4 saturated carbocycles. The van der Waals surface area contributed by atoms with E-state index >= 15 is 0 Å². The molecule has 0 bridgehead atoms. The van der Waals surface area contributed by atoms with E-state index in [9.17, 15) is 9.59 Å². The fourth-order valence-corrected chi connectivity index (χ4v) is 9.86. The van der Waals surface area contributed by atoms with Crippen LogP contribution in [0.1, 0.15) is 106 Å². The summed E-state index contributed by atoms with van der Waals surface area (Å²) in [4.78, 5) is 22.7. The Hall–Kier alpha value is -1.52. The van der Waals surface area contributed by atoms with Gasteiger partial charge in [0, 0.05) is 26.2 Å². The van der Waals surface area contributed by atoms with Crippen molar-refractivity contribution in [2.45, 2.75) is 118 Å². The highest BCUT2D eigenvalue weighted by molar-refractivity contribution is 5.66. The molecule has 0 aromatic carbocycles. The lowest BCUT2D eigenvalue weighted by Crippen LogP contribution is -2.54. The molecule has 4 fully saturated rings. The summed E-state index contributed by atoms with van der Waals surface area (Å²) in [5.74, 6) is 4.89. The SMILES string of the molecule is CC(=O)OCC(C)CCC1=C(C)C2C(CC3C4CCC5CC(OC(C)=O)CCC5(C)C4CCC32C)O1. The van der Waals surface area contributed by atoms with Crippen LogP contribution in [0.4, 0.5) is 0 Å². The van der Waals surface area contributed by atoms with Gasteiger partial charge in [0.25, 0.3) is 0 Å². The standard InChI is InChI=1S/C31H48O5/c1-18(17-34-20(3)32)7-10-27-19(2)29-28(36-27)16-26-24-9-8-22-15-23(35-21(4)33)11-13-30(22,5)25(24)12-14-31(26,29)6/h18,22-26,28-29H,7-17H2,1-6H3. The van der Waals surface area contributed by atoms with Crippen LogP contribution in [-0.2, 0) is 23.8 Å². The number of hydrogen-bond acceptors (Lipinski definition) is 5. The number of carbonyl (C=O) groups excluding carboxylic acids is 2. The van der Waals surface area contributed by atoms with Crippen molar-refractivity contribution in [3.8, 4) is 0 Å². The smallest absolute Gasteiger partial charge is 0.302 e. The number of allylic oxidation sites excluding steroid dienone is 1. The van der Waals surface area contributed by atoms with Crippen LogP contribution < -0.4 is 0 Å². The lowest BCUT2D eigenvalue weighted by atomic mass is 9.44. The fraction of sp³-hybridized carbons (Fsp3) is 0.871. The van der Waals surface area contributed by atoms with E-state index < -0.39 is 0 Å². The third-order valence-corrected chi connectivity index (χ3v) is 11.6. The molecule has 0 N–H and O–H groups in total. The van der Waals surface area contributed by atoms with Gasteiger partial charge in [0.05, 0.1) is 12.4 Å². The normalized spacial score (nSPS) is 44.0. The van der Waals surface area contributed by atoms with Crippen molar-refractivity contribution in [1.82, 2.24) is 0 Å². The van der Waals surface area contributed by atoms with E-state index in [0.717, 1.165) is 43.4 Å². The number of carbonyl (C=O) groups is 2. The second-order valence-corrected chi connectivity index (χ2v) is 13.6. The molecule has 1 heterocycles. The van der Waals surface area contributed by atoms with Crippen LogP contribution in [0.15, 0.2) is 11.3 Å². The lowest BCUT2D eigenvalue weighted by Gasteiger charge is -2.61. The monoisotopic (exact) mass is 500 g/mol. The van der Waals surface area contributed by atoms with Gasteiger partial charge < -0.3 is 14.2 Å². The van der Waals surface area contributed by atoms with E-state index in [-0.39, 0.29) is 18.0 Å². The highest BCUT2D eigenvalue weighted by atomic mass is 16.5. The summed E-state index contributed by atoms with van der Waals surface area (Å²) >= 11 is 0. The van der Waals surface area contributed by atoms with Crippen molar-refractivity contribution in [2.75, 3.05) is 6.61 Å². The molecule has 5 rings (SSSR count). The van der Waals surface area contributed by atoms with Crippen molar-refractivity contribution in [3.63, 3.8) is 0 Å². The molecular formula is C31H48O5. The summed E-state index contributed by atoms with van der Waals surface area (Å²) in [7, 11) is 0. The van der Waals surface area contributed by atoms with Crippen LogP contribution >= 0.6 is 0 Å². The van der Waals surface area contributed by atoms with Gasteiger partial charge in [-0.05, 0) is 111 Å². The molecule has 5 aliphatic rings. The van der Waals surface area contributed by atoms with E-state index in [2.05, 4.69) is 27.7 Å². The number of fused-ring (bicyclic) bond motifs is 7. The Kier molecular flexibility index (Phi) is 7.00. The number of hydrogen-bond donors (Lipinski definition) is 0. The van der Waals surface area contributed by atoms with Crippen molar-refractivity contribution in [1.29, 1.82) is 0 Å². The molecule has 5 nitrogen and oxygen atoms in total. The maximum atomic E-state index is 11.6. The Balaban J connectivity index is 1.26. The van der Waals surface area contributed by atoms with Crippen LogP contribution in [0, 0.1) is 46.3 Å². The van der Waals surface area contributed by atoms with Crippen molar-refractivity contribution in [2.24, 2.45) is 46.3 Å². The molecule has 5 heteroatoms. The van der Waals surface area contributed by atoms with E-state index in [1.165, 1.54) is 56.8 Å². The Bertz CT molecular complexity index is 909. The maximum absolute atomic E-state index is 11.6. The Morgan fingerprint density at radius 3 is 2.47 bits per heavy atom. The van der Waals surface area contributed by atoms with Gasteiger partial charge in [0.1, 0.15) is 12.2 Å². The van der Waals surface area contributed by atoms with Crippen LogP contribution in [-0.4, -0.2) is 30.8 Å². The van der Waals surface area contributed by atoms with Crippen molar-refractivity contribution >= 4 is 11.9 Å². The van der Waals surface area contributed by atoms with Gasteiger partial charge in [-0.25, -0.2) is 0 Å². The Morgan fingerprint density at radius 2 is 1.75 bits per heavy atom. The quantitative estimate of drug-likeness (QED) is 0.374. The Morgan fingerprint density at radius 1 is 1.00 bits per heavy atom. The summed E-state index contributed by atoms with van der Waals surface area (Å²) in [5, 5.41) is 0. The molecule has 202 valence electrons. The van der Waals surface area contributed by atoms with Crippen molar-refractivity contribution in [3.05, 3.63) is 11.3 Å². The van der Waals surface area contributed by atoms with Gasteiger partial charge in [0.2, 0.25) is 0 Å². The van der Waals surface area contributed by atoms with Gasteiger partial charge in [-0.2, -0.15) is 0 Å². The highest BCUT2D eigenvalue weighted by Crippen LogP contribution is 2.69. The molecule has 0 saturated heterocycles. The van der Waals surface area contributed by atoms with E-state index in [4.69, 9.17) is 14.2 Å². The molecule has 0 aromatic heterocycles. The second-order valence-electron chi connectivity index (χ2n) is 13.6. The predicted molar refractivity (Wildman–Crippen MR) is 139 cm³/mol. The van der Waals surface area contributed by atoms with Crippen LogP contribution in [0.3, 0.4) is 0 Å².